The van der Waals surface area contributed by atoms with Crippen LogP contribution in [0.25, 0.3) is 0 Å². The molecule has 1 aliphatic rings. The molecule has 0 aromatic heterocycles. The van der Waals surface area contributed by atoms with Gasteiger partial charge in [0.05, 0.1) is 5.60 Å². The minimum atomic E-state index is 0.142. The Bertz CT molecular complexity index is 95.4. The summed E-state index contributed by atoms with van der Waals surface area (Å²) in [7, 11) is 1.81. The zero-order valence-corrected chi connectivity index (χ0v) is 6.94. The average Bonchev–Trinajstić information content (AvgIpc) is 2.15. The van der Waals surface area contributed by atoms with Crippen molar-refractivity contribution in [3.8, 4) is 0 Å². The molecule has 2 nitrogen and oxygen atoms in total. The lowest BCUT2D eigenvalue weighted by atomic mass is 9.97. The van der Waals surface area contributed by atoms with Gasteiger partial charge in [0.25, 0.3) is 0 Å². The summed E-state index contributed by atoms with van der Waals surface area (Å²) >= 11 is 0. The minimum absolute atomic E-state index is 0.142. The van der Waals surface area contributed by atoms with Crippen molar-refractivity contribution < 1.29 is 4.74 Å². The van der Waals surface area contributed by atoms with Crippen LogP contribution in [0.5, 0.6) is 0 Å². The predicted octanol–water partition coefficient (Wildman–Crippen LogP) is 1.17. The van der Waals surface area contributed by atoms with Crippen molar-refractivity contribution >= 4 is 0 Å². The zero-order valence-electron chi connectivity index (χ0n) is 6.94. The van der Waals surface area contributed by atoms with E-state index in [1.54, 1.807) is 0 Å². The highest BCUT2D eigenvalue weighted by atomic mass is 16.5. The van der Waals surface area contributed by atoms with Crippen LogP contribution in [0.1, 0.15) is 26.2 Å². The number of hydrogen-bond acceptors (Lipinski definition) is 2. The van der Waals surface area contributed by atoms with Crippen LogP contribution in [-0.4, -0.2) is 25.8 Å². The lowest BCUT2D eigenvalue weighted by Gasteiger charge is -2.25. The van der Waals surface area contributed by atoms with E-state index in [9.17, 15) is 0 Å². The Morgan fingerprint density at radius 2 is 2.10 bits per heavy atom. The van der Waals surface area contributed by atoms with E-state index in [1.807, 2.05) is 7.11 Å². The summed E-state index contributed by atoms with van der Waals surface area (Å²) in [5, 5.41) is 3.36. The first kappa shape index (κ1) is 8.02. The van der Waals surface area contributed by atoms with E-state index >= 15 is 0 Å². The van der Waals surface area contributed by atoms with Crippen molar-refractivity contribution in [1.82, 2.24) is 5.32 Å². The maximum absolute atomic E-state index is 5.42. The third-order valence-electron chi connectivity index (χ3n) is 2.38. The van der Waals surface area contributed by atoms with Crippen molar-refractivity contribution in [2.24, 2.45) is 0 Å². The van der Waals surface area contributed by atoms with Gasteiger partial charge in [-0.2, -0.15) is 0 Å². The van der Waals surface area contributed by atoms with E-state index < -0.39 is 0 Å². The number of nitrogens with one attached hydrogen (secondary N) is 1. The molecule has 1 fully saturated rings. The van der Waals surface area contributed by atoms with Crippen LogP contribution in [0.2, 0.25) is 0 Å². The van der Waals surface area contributed by atoms with Crippen LogP contribution < -0.4 is 5.32 Å². The second-order valence-electron chi connectivity index (χ2n) is 3.26. The summed E-state index contributed by atoms with van der Waals surface area (Å²) in [5.74, 6) is 0. The molecule has 0 spiro atoms. The van der Waals surface area contributed by atoms with E-state index in [-0.39, 0.29) is 5.60 Å². The van der Waals surface area contributed by atoms with E-state index in [0.717, 1.165) is 19.5 Å². The van der Waals surface area contributed by atoms with E-state index in [4.69, 9.17) is 4.74 Å². The van der Waals surface area contributed by atoms with Crippen LogP contribution in [0.3, 0.4) is 0 Å². The molecule has 2 heteroatoms. The fourth-order valence-electron chi connectivity index (χ4n) is 1.39. The number of hydrogen-bond donors (Lipinski definition) is 1. The van der Waals surface area contributed by atoms with Gasteiger partial charge in [-0.25, -0.2) is 0 Å². The fourth-order valence-corrected chi connectivity index (χ4v) is 1.39. The lowest BCUT2D eigenvalue weighted by Crippen LogP contribution is -2.28. The van der Waals surface area contributed by atoms with Gasteiger partial charge in [-0.1, -0.05) is 0 Å². The highest BCUT2D eigenvalue weighted by Crippen LogP contribution is 2.21. The third-order valence-corrected chi connectivity index (χ3v) is 2.38. The van der Waals surface area contributed by atoms with Crippen LogP contribution in [0.15, 0.2) is 0 Å². The summed E-state index contributed by atoms with van der Waals surface area (Å²) in [6.07, 6.45) is 3.57. The maximum Gasteiger partial charge on any atom is 0.0663 e. The van der Waals surface area contributed by atoms with Gasteiger partial charge in [0.15, 0.2) is 0 Å². The van der Waals surface area contributed by atoms with Crippen LogP contribution in [-0.2, 0) is 4.74 Å². The molecule has 10 heavy (non-hydrogen) atoms. The molecule has 0 radical (unpaired) electrons. The molecule has 0 aromatic rings. The first-order chi connectivity index (χ1) is 4.77. The Balaban J connectivity index is 2.41. The molecule has 1 atom stereocenters. The first-order valence-corrected chi connectivity index (χ1v) is 4.03. The van der Waals surface area contributed by atoms with Crippen molar-refractivity contribution in [2.45, 2.75) is 31.8 Å². The molecule has 0 saturated carbocycles. The van der Waals surface area contributed by atoms with Gasteiger partial charge in [-0.3, -0.25) is 0 Å². The van der Waals surface area contributed by atoms with Gasteiger partial charge in [-0.15, -0.1) is 0 Å². The third kappa shape index (κ3) is 1.96. The van der Waals surface area contributed by atoms with Gasteiger partial charge in [0, 0.05) is 7.11 Å². The summed E-state index contributed by atoms with van der Waals surface area (Å²) in [4.78, 5) is 0. The van der Waals surface area contributed by atoms with Gasteiger partial charge in [-0.05, 0) is 39.3 Å². The molecular weight excluding hydrogens is 126 g/mol. The van der Waals surface area contributed by atoms with Crippen molar-refractivity contribution in [3.05, 3.63) is 0 Å². The largest absolute Gasteiger partial charge is 0.378 e. The SMILES string of the molecule is CO[C@@]1(C)CCCNCC1. The predicted molar refractivity (Wildman–Crippen MR) is 42.1 cm³/mol. The van der Waals surface area contributed by atoms with Crippen LogP contribution >= 0.6 is 0 Å². The van der Waals surface area contributed by atoms with E-state index in [0.29, 0.717) is 0 Å². The highest BCUT2D eigenvalue weighted by molar-refractivity contribution is 4.78. The second-order valence-corrected chi connectivity index (χ2v) is 3.26. The summed E-state index contributed by atoms with van der Waals surface area (Å²) < 4.78 is 5.42. The summed E-state index contributed by atoms with van der Waals surface area (Å²) in [6.45, 7) is 4.45. The molecule has 1 N–H and O–H groups in total. The average molecular weight is 143 g/mol. The number of methoxy groups -OCH3 is 1. The maximum atomic E-state index is 5.42. The Labute approximate surface area is 63.0 Å². The van der Waals surface area contributed by atoms with Gasteiger partial charge in [0.1, 0.15) is 0 Å². The monoisotopic (exact) mass is 143 g/mol. The zero-order chi connectivity index (χ0) is 7.45. The van der Waals surface area contributed by atoms with E-state index in [1.165, 1.54) is 12.8 Å². The quantitative estimate of drug-likeness (QED) is 0.595. The Morgan fingerprint density at radius 1 is 1.30 bits per heavy atom. The van der Waals surface area contributed by atoms with Crippen molar-refractivity contribution in [3.63, 3.8) is 0 Å². The molecule has 0 bridgehead atoms. The lowest BCUT2D eigenvalue weighted by molar-refractivity contribution is -0.00361. The van der Waals surface area contributed by atoms with E-state index in [2.05, 4.69) is 12.2 Å². The molecule has 0 aromatic carbocycles. The Kier molecular flexibility index (Phi) is 2.69. The second kappa shape index (κ2) is 3.35. The van der Waals surface area contributed by atoms with Gasteiger partial charge in [0.2, 0.25) is 0 Å². The van der Waals surface area contributed by atoms with Gasteiger partial charge < -0.3 is 10.1 Å². The Morgan fingerprint density at radius 3 is 2.80 bits per heavy atom. The topological polar surface area (TPSA) is 21.3 Å². The number of rotatable bonds is 1. The minimum Gasteiger partial charge on any atom is -0.378 e. The molecule has 60 valence electrons. The fraction of sp³-hybridized carbons (Fsp3) is 1.00. The molecule has 1 rings (SSSR count). The highest BCUT2D eigenvalue weighted by Gasteiger charge is 2.23. The standard InChI is InChI=1S/C8H17NO/c1-8(10-2)4-3-6-9-7-5-8/h9H,3-7H2,1-2H3/t8-/m0/s1. The number of ether oxygens (including phenoxy) is 1. The smallest absolute Gasteiger partial charge is 0.0663 e. The first-order valence-electron chi connectivity index (χ1n) is 4.03. The molecule has 1 aliphatic heterocycles. The van der Waals surface area contributed by atoms with Crippen LogP contribution in [0.4, 0.5) is 0 Å². The molecule has 1 heterocycles. The Hall–Kier alpha value is -0.0800. The normalized spacial score (nSPS) is 35.4. The summed E-state index contributed by atoms with van der Waals surface area (Å²) in [5.41, 5.74) is 0.142. The van der Waals surface area contributed by atoms with Crippen LogP contribution in [0, 0.1) is 0 Å². The summed E-state index contributed by atoms with van der Waals surface area (Å²) in [6, 6.07) is 0. The van der Waals surface area contributed by atoms with Crippen molar-refractivity contribution in [2.75, 3.05) is 20.2 Å². The molecule has 0 aliphatic carbocycles. The van der Waals surface area contributed by atoms with Crippen molar-refractivity contribution in [1.29, 1.82) is 0 Å². The molecule has 1 saturated heterocycles. The van der Waals surface area contributed by atoms with Gasteiger partial charge >= 0.3 is 0 Å². The molecule has 0 unspecified atom stereocenters. The molecular formula is C8H17NO. The molecule has 0 amide bonds.